The molecule has 0 atom stereocenters. The van der Waals surface area contributed by atoms with Crippen LogP contribution in [0.15, 0.2) is 53.4 Å². The van der Waals surface area contributed by atoms with Crippen LogP contribution in [0.5, 0.6) is 0 Å². The van der Waals surface area contributed by atoms with Gasteiger partial charge in [-0.05, 0) is 31.2 Å². The van der Waals surface area contributed by atoms with E-state index in [1.54, 1.807) is 19.1 Å². The molecular formula is C21H19FN4O5S. The maximum atomic E-state index is 13.4. The Balaban J connectivity index is 1.53. The quantitative estimate of drug-likeness (QED) is 0.439. The monoisotopic (exact) mass is 458 g/mol. The first-order valence-corrected chi connectivity index (χ1v) is 11.2. The molecule has 0 spiro atoms. The second-order valence-electron chi connectivity index (χ2n) is 7.38. The summed E-state index contributed by atoms with van der Waals surface area (Å²) in [5.41, 5.74) is 0.766. The first-order valence-electron chi connectivity index (χ1n) is 9.78. The van der Waals surface area contributed by atoms with Gasteiger partial charge in [0.05, 0.1) is 21.7 Å². The van der Waals surface area contributed by atoms with Gasteiger partial charge in [0.1, 0.15) is 5.82 Å². The number of carbonyl (C=O) groups is 1. The van der Waals surface area contributed by atoms with E-state index in [0.29, 0.717) is 22.2 Å². The molecule has 2 aromatic carbocycles. The molecule has 1 amide bonds. The van der Waals surface area contributed by atoms with Gasteiger partial charge in [-0.1, -0.05) is 12.1 Å². The molecule has 32 heavy (non-hydrogen) atoms. The number of nitro benzene ring substituents is 1. The number of aromatic nitrogens is 1. The van der Waals surface area contributed by atoms with E-state index in [1.165, 1.54) is 35.2 Å². The minimum atomic E-state index is -4.09. The minimum Gasteiger partial charge on any atom is -0.336 e. The van der Waals surface area contributed by atoms with Crippen molar-refractivity contribution in [2.45, 2.75) is 11.8 Å². The summed E-state index contributed by atoms with van der Waals surface area (Å²) < 4.78 is 40.5. The number of nitro groups is 1. The molecule has 1 saturated heterocycles. The fourth-order valence-electron chi connectivity index (χ4n) is 3.72. The summed E-state index contributed by atoms with van der Waals surface area (Å²) in [6.45, 7) is 1.92. The van der Waals surface area contributed by atoms with Gasteiger partial charge in [0, 0.05) is 43.7 Å². The van der Waals surface area contributed by atoms with Crippen LogP contribution < -0.4 is 0 Å². The molecule has 0 bridgehead atoms. The zero-order chi connectivity index (χ0) is 23.0. The van der Waals surface area contributed by atoms with E-state index in [0.717, 1.165) is 10.4 Å². The Kier molecular flexibility index (Phi) is 5.61. The highest BCUT2D eigenvalue weighted by Gasteiger charge is 2.34. The number of hydrogen-bond donors (Lipinski definition) is 0. The number of piperazine rings is 1. The Morgan fingerprint density at radius 2 is 1.78 bits per heavy atom. The molecule has 166 valence electrons. The van der Waals surface area contributed by atoms with Crippen molar-refractivity contribution in [1.29, 1.82) is 0 Å². The maximum Gasteiger partial charge on any atom is 0.289 e. The van der Waals surface area contributed by atoms with Crippen molar-refractivity contribution < 1.29 is 22.5 Å². The van der Waals surface area contributed by atoms with Gasteiger partial charge in [0.2, 0.25) is 10.0 Å². The number of amides is 1. The second kappa shape index (κ2) is 8.24. The molecule has 1 aliphatic heterocycles. The van der Waals surface area contributed by atoms with Crippen molar-refractivity contribution in [1.82, 2.24) is 14.2 Å². The average Bonchev–Trinajstić information content (AvgIpc) is 2.78. The smallest absolute Gasteiger partial charge is 0.289 e. The molecular weight excluding hydrogens is 439 g/mol. The molecule has 0 aliphatic carbocycles. The van der Waals surface area contributed by atoms with Crippen LogP contribution in [0, 0.1) is 22.9 Å². The molecule has 4 rings (SSSR count). The molecule has 2 heterocycles. The number of hydrogen-bond acceptors (Lipinski definition) is 6. The first-order chi connectivity index (χ1) is 15.2. The highest BCUT2D eigenvalue weighted by molar-refractivity contribution is 7.89. The van der Waals surface area contributed by atoms with Crippen LogP contribution in [-0.4, -0.2) is 59.6 Å². The summed E-state index contributed by atoms with van der Waals surface area (Å²) in [5, 5.41) is 11.9. The Morgan fingerprint density at radius 1 is 1.09 bits per heavy atom. The fraction of sp³-hybridized carbons (Fsp3) is 0.238. The van der Waals surface area contributed by atoms with Crippen molar-refractivity contribution in [3.8, 4) is 0 Å². The van der Waals surface area contributed by atoms with Crippen LogP contribution in [-0.2, 0) is 10.0 Å². The Bertz CT molecular complexity index is 1340. The number of fused-ring (bicyclic) bond motifs is 1. The van der Waals surface area contributed by atoms with Crippen LogP contribution in [0.2, 0.25) is 0 Å². The highest BCUT2D eigenvalue weighted by Crippen LogP contribution is 2.27. The number of benzene rings is 2. The molecule has 0 N–H and O–H groups in total. The predicted octanol–water partition coefficient (Wildman–Crippen LogP) is 2.74. The van der Waals surface area contributed by atoms with Gasteiger partial charge in [-0.2, -0.15) is 4.31 Å². The second-order valence-corrected chi connectivity index (χ2v) is 9.29. The number of sulfonamides is 1. The molecule has 1 fully saturated rings. The van der Waals surface area contributed by atoms with E-state index in [9.17, 15) is 27.7 Å². The van der Waals surface area contributed by atoms with Crippen LogP contribution >= 0.6 is 0 Å². The van der Waals surface area contributed by atoms with Crippen LogP contribution in [0.1, 0.15) is 16.1 Å². The van der Waals surface area contributed by atoms with Gasteiger partial charge in [-0.3, -0.25) is 19.9 Å². The van der Waals surface area contributed by atoms with Crippen molar-refractivity contribution in [3.63, 3.8) is 0 Å². The van der Waals surface area contributed by atoms with E-state index in [-0.39, 0.29) is 37.0 Å². The largest absolute Gasteiger partial charge is 0.336 e. The standard InChI is InChI=1S/C21H19FN4O5S/c1-14-17(12-15-6-7-16(22)13-18(15)23-14)21(27)24-8-10-25(11-9-24)32(30,31)20-5-3-2-4-19(20)26(28)29/h2-7,12-13H,8-11H2,1H3. The van der Waals surface area contributed by atoms with E-state index in [1.807, 2.05) is 0 Å². The number of rotatable bonds is 4. The molecule has 9 nitrogen and oxygen atoms in total. The third kappa shape index (κ3) is 3.92. The molecule has 0 saturated carbocycles. The number of carbonyl (C=O) groups excluding carboxylic acids is 1. The third-order valence-electron chi connectivity index (χ3n) is 5.41. The Labute approximate surface area is 183 Å². The molecule has 11 heteroatoms. The Hall–Kier alpha value is -3.44. The number of para-hydroxylation sites is 1. The SMILES string of the molecule is Cc1nc2cc(F)ccc2cc1C(=O)N1CCN(S(=O)(=O)c2ccccc2[N+](=O)[O-])CC1. The van der Waals surface area contributed by atoms with Crippen molar-refractivity contribution in [2.75, 3.05) is 26.2 Å². The van der Waals surface area contributed by atoms with Gasteiger partial charge in [-0.15, -0.1) is 0 Å². The molecule has 0 unspecified atom stereocenters. The lowest BCUT2D eigenvalue weighted by Crippen LogP contribution is -2.50. The number of halogens is 1. The van der Waals surface area contributed by atoms with E-state index < -0.39 is 26.5 Å². The summed E-state index contributed by atoms with van der Waals surface area (Å²) in [5.74, 6) is -0.719. The minimum absolute atomic E-state index is 0.00535. The molecule has 0 radical (unpaired) electrons. The summed E-state index contributed by atoms with van der Waals surface area (Å²) in [6, 6.07) is 11.0. The average molecular weight is 458 g/mol. The Morgan fingerprint density at radius 3 is 2.47 bits per heavy atom. The molecule has 3 aromatic rings. The topological polar surface area (TPSA) is 114 Å². The summed E-state index contributed by atoms with van der Waals surface area (Å²) in [7, 11) is -4.09. The lowest BCUT2D eigenvalue weighted by Gasteiger charge is -2.34. The maximum absolute atomic E-state index is 13.4. The normalized spacial score (nSPS) is 15.1. The van der Waals surface area contributed by atoms with Crippen molar-refractivity contribution in [2.24, 2.45) is 0 Å². The van der Waals surface area contributed by atoms with E-state index in [4.69, 9.17) is 0 Å². The zero-order valence-electron chi connectivity index (χ0n) is 17.1. The third-order valence-corrected chi connectivity index (χ3v) is 7.35. The lowest BCUT2D eigenvalue weighted by atomic mass is 10.1. The highest BCUT2D eigenvalue weighted by atomic mass is 32.2. The number of nitrogens with zero attached hydrogens (tertiary/aromatic N) is 4. The molecule has 1 aromatic heterocycles. The summed E-state index contributed by atoms with van der Waals surface area (Å²) in [6.07, 6.45) is 0. The van der Waals surface area contributed by atoms with E-state index in [2.05, 4.69) is 4.98 Å². The van der Waals surface area contributed by atoms with Gasteiger partial charge in [-0.25, -0.2) is 12.8 Å². The van der Waals surface area contributed by atoms with Gasteiger partial charge >= 0.3 is 0 Å². The predicted molar refractivity (Wildman–Crippen MR) is 114 cm³/mol. The van der Waals surface area contributed by atoms with Crippen LogP contribution in [0.3, 0.4) is 0 Å². The summed E-state index contributed by atoms with van der Waals surface area (Å²) in [4.78, 5) is 29.0. The van der Waals surface area contributed by atoms with Gasteiger partial charge in [0.15, 0.2) is 4.90 Å². The zero-order valence-corrected chi connectivity index (χ0v) is 17.9. The van der Waals surface area contributed by atoms with Crippen LogP contribution in [0.25, 0.3) is 10.9 Å². The lowest BCUT2D eigenvalue weighted by molar-refractivity contribution is -0.387. The number of aryl methyl sites for hydroxylation is 1. The van der Waals surface area contributed by atoms with Crippen molar-refractivity contribution >= 4 is 32.5 Å². The first kappa shape index (κ1) is 21.8. The van der Waals surface area contributed by atoms with Crippen LogP contribution in [0.4, 0.5) is 10.1 Å². The van der Waals surface area contributed by atoms with E-state index >= 15 is 0 Å². The van der Waals surface area contributed by atoms with Gasteiger partial charge < -0.3 is 4.90 Å². The molecule has 1 aliphatic rings. The summed E-state index contributed by atoms with van der Waals surface area (Å²) >= 11 is 0. The van der Waals surface area contributed by atoms with Gasteiger partial charge in [0.25, 0.3) is 11.6 Å². The number of pyridine rings is 1. The van der Waals surface area contributed by atoms with Crippen molar-refractivity contribution in [3.05, 3.63) is 75.7 Å². The fourth-order valence-corrected chi connectivity index (χ4v) is 5.30.